The first kappa shape index (κ1) is 22.0. The van der Waals surface area contributed by atoms with Crippen LogP contribution in [0.1, 0.15) is 64.4 Å². The summed E-state index contributed by atoms with van der Waals surface area (Å²) in [6, 6.07) is 5.71. The number of carbonyl (C=O) groups is 1. The number of aromatic amines is 1. The fraction of sp³-hybridized carbons (Fsp3) is 0.591. The molecule has 3 atom stereocenters. The average molecular weight is 427 g/mol. The van der Waals surface area contributed by atoms with Crippen molar-refractivity contribution in [2.24, 2.45) is 0 Å². The van der Waals surface area contributed by atoms with Crippen molar-refractivity contribution in [3.05, 3.63) is 35.0 Å². The number of ether oxygens (including phenoxy) is 1. The van der Waals surface area contributed by atoms with Gasteiger partial charge in [0.1, 0.15) is 0 Å². The van der Waals surface area contributed by atoms with Gasteiger partial charge in [-0.2, -0.15) is 8.78 Å². The van der Waals surface area contributed by atoms with Crippen LogP contribution in [0.25, 0.3) is 10.9 Å². The van der Waals surface area contributed by atoms with E-state index in [0.717, 1.165) is 29.3 Å². The first-order chi connectivity index (χ1) is 13.4. The van der Waals surface area contributed by atoms with Crippen molar-refractivity contribution in [3.63, 3.8) is 0 Å². The van der Waals surface area contributed by atoms with Gasteiger partial charge in [0.2, 0.25) is 5.91 Å². The molecular weight excluding hydrogens is 398 g/mol. The molecule has 2 heterocycles. The van der Waals surface area contributed by atoms with Crippen LogP contribution in [-0.4, -0.2) is 40.6 Å². The van der Waals surface area contributed by atoms with E-state index in [2.05, 4.69) is 4.98 Å². The lowest BCUT2D eigenvalue weighted by Gasteiger charge is -2.50. The maximum atomic E-state index is 13.0. The normalized spacial score (nSPS) is 25.1. The molecule has 1 amide bonds. The largest absolute Gasteiger partial charge is 0.361 e. The second kappa shape index (κ2) is 8.60. The van der Waals surface area contributed by atoms with Gasteiger partial charge in [0, 0.05) is 36.1 Å². The summed E-state index contributed by atoms with van der Waals surface area (Å²) in [4.78, 5) is 18.2. The topological polar surface area (TPSA) is 45.3 Å². The molecule has 7 heteroatoms. The number of hydrogen-bond acceptors (Lipinski definition) is 2. The Bertz CT molecular complexity index is 872. The molecule has 2 fully saturated rings. The van der Waals surface area contributed by atoms with Gasteiger partial charge >= 0.3 is 6.61 Å². The molecule has 1 aliphatic heterocycles. The third-order valence-corrected chi connectivity index (χ3v) is 6.70. The number of amides is 1. The number of nitrogens with zero attached hydrogens (tertiary/aromatic N) is 1. The standard InChI is InChI=1S/C21H25ClF2N2O2.CH4/c1-13(15-12-25-17-6-2-5-16(22)19(15)17)10-18(27)26-9-8-21(28-20(23)24)7-3-4-14(26)11-21;/h2,5-6,12-14,20,25H,3-4,7-11H2,1H3;1H4. The number of aromatic nitrogens is 1. The molecule has 2 bridgehead atoms. The number of likely N-dealkylation sites (tertiary alicyclic amines) is 1. The zero-order valence-corrected chi connectivity index (χ0v) is 16.6. The summed E-state index contributed by atoms with van der Waals surface area (Å²) in [6.45, 7) is -0.246. The fourth-order valence-electron chi connectivity index (χ4n) is 5.02. The van der Waals surface area contributed by atoms with Crippen LogP contribution in [0.2, 0.25) is 5.02 Å². The van der Waals surface area contributed by atoms with Crippen molar-refractivity contribution in [2.45, 2.75) is 77.0 Å². The minimum atomic E-state index is -2.76. The van der Waals surface area contributed by atoms with Gasteiger partial charge in [-0.25, -0.2) is 0 Å². The number of carbonyl (C=O) groups excluding carboxylic acids is 1. The quantitative estimate of drug-likeness (QED) is 0.627. The number of fused-ring (bicyclic) bond motifs is 3. The smallest absolute Gasteiger partial charge is 0.345 e. The van der Waals surface area contributed by atoms with Crippen molar-refractivity contribution in [1.29, 1.82) is 0 Å². The maximum absolute atomic E-state index is 13.0. The van der Waals surface area contributed by atoms with Gasteiger partial charge in [-0.15, -0.1) is 0 Å². The van der Waals surface area contributed by atoms with Crippen LogP contribution in [0.4, 0.5) is 8.78 Å². The molecule has 0 spiro atoms. The minimum Gasteiger partial charge on any atom is -0.361 e. The molecule has 160 valence electrons. The third-order valence-electron chi connectivity index (χ3n) is 6.38. The van der Waals surface area contributed by atoms with E-state index in [9.17, 15) is 13.6 Å². The van der Waals surface area contributed by atoms with Crippen molar-refractivity contribution in [1.82, 2.24) is 9.88 Å². The molecule has 2 aromatic rings. The highest BCUT2D eigenvalue weighted by Crippen LogP contribution is 2.42. The molecule has 29 heavy (non-hydrogen) atoms. The molecule has 4 nitrogen and oxygen atoms in total. The Morgan fingerprint density at radius 1 is 1.41 bits per heavy atom. The van der Waals surface area contributed by atoms with Crippen LogP contribution in [0.5, 0.6) is 0 Å². The first-order valence-corrected chi connectivity index (χ1v) is 10.3. The van der Waals surface area contributed by atoms with Crippen LogP contribution >= 0.6 is 11.6 Å². The van der Waals surface area contributed by atoms with Crippen LogP contribution in [0.15, 0.2) is 24.4 Å². The first-order valence-electron chi connectivity index (χ1n) is 9.89. The van der Waals surface area contributed by atoms with Crippen LogP contribution in [0.3, 0.4) is 0 Å². The molecule has 0 radical (unpaired) electrons. The van der Waals surface area contributed by atoms with E-state index in [1.807, 2.05) is 36.2 Å². The highest BCUT2D eigenvalue weighted by atomic mass is 35.5. The predicted molar refractivity (Wildman–Crippen MR) is 111 cm³/mol. The Kier molecular flexibility index (Phi) is 6.54. The number of alkyl halides is 2. The maximum Gasteiger partial charge on any atom is 0.345 e. The lowest BCUT2D eigenvalue weighted by Crippen LogP contribution is -2.56. The number of rotatable bonds is 5. The van der Waals surface area contributed by atoms with Crippen LogP contribution < -0.4 is 0 Å². The van der Waals surface area contributed by atoms with E-state index in [1.165, 1.54) is 0 Å². The Labute approximate surface area is 175 Å². The highest BCUT2D eigenvalue weighted by Gasteiger charge is 2.46. The van der Waals surface area contributed by atoms with E-state index in [4.69, 9.17) is 16.3 Å². The highest BCUT2D eigenvalue weighted by molar-refractivity contribution is 6.35. The molecule has 1 saturated carbocycles. The monoisotopic (exact) mass is 426 g/mol. The lowest BCUT2D eigenvalue weighted by atomic mass is 9.75. The van der Waals surface area contributed by atoms with Gasteiger partial charge in [0.05, 0.1) is 10.6 Å². The molecule has 1 aliphatic carbocycles. The van der Waals surface area contributed by atoms with Gasteiger partial charge < -0.3 is 14.6 Å². The van der Waals surface area contributed by atoms with E-state index in [0.29, 0.717) is 37.3 Å². The Hall–Kier alpha value is -1.66. The van der Waals surface area contributed by atoms with Gasteiger partial charge in [0.15, 0.2) is 0 Å². The third kappa shape index (κ3) is 4.29. The van der Waals surface area contributed by atoms with Crippen molar-refractivity contribution < 1.29 is 18.3 Å². The van der Waals surface area contributed by atoms with Crippen molar-refractivity contribution in [3.8, 4) is 0 Å². The van der Waals surface area contributed by atoms with E-state index in [1.54, 1.807) is 0 Å². The summed E-state index contributed by atoms with van der Waals surface area (Å²) in [6.07, 6.45) is 5.61. The fourth-order valence-corrected chi connectivity index (χ4v) is 5.30. The molecule has 2 aliphatic rings. The van der Waals surface area contributed by atoms with Gasteiger partial charge in [0.25, 0.3) is 0 Å². The number of piperidine rings is 1. The number of benzene rings is 1. The molecule has 1 saturated heterocycles. The summed E-state index contributed by atoms with van der Waals surface area (Å²) in [7, 11) is 0. The van der Waals surface area contributed by atoms with Crippen molar-refractivity contribution in [2.75, 3.05) is 6.54 Å². The molecule has 1 aromatic heterocycles. The molecular formula is C22H29ClF2N2O2. The van der Waals surface area contributed by atoms with Crippen molar-refractivity contribution >= 4 is 28.4 Å². The zero-order chi connectivity index (χ0) is 19.9. The summed E-state index contributed by atoms with van der Waals surface area (Å²) in [5, 5.41) is 1.64. The molecule has 4 rings (SSSR count). The summed E-state index contributed by atoms with van der Waals surface area (Å²) < 4.78 is 30.7. The number of halogens is 3. The van der Waals surface area contributed by atoms with Crippen LogP contribution in [-0.2, 0) is 9.53 Å². The van der Waals surface area contributed by atoms with Crippen LogP contribution in [0, 0.1) is 0 Å². The number of H-pyrrole nitrogens is 1. The molecule has 1 aromatic carbocycles. The Morgan fingerprint density at radius 2 is 2.21 bits per heavy atom. The van der Waals surface area contributed by atoms with Gasteiger partial charge in [-0.1, -0.05) is 32.0 Å². The van der Waals surface area contributed by atoms with Gasteiger partial charge in [-0.05, 0) is 55.7 Å². The predicted octanol–water partition coefficient (Wildman–Crippen LogP) is 6.10. The number of hydrogen-bond donors (Lipinski definition) is 1. The second-order valence-corrected chi connectivity index (χ2v) is 8.57. The molecule has 1 N–H and O–H groups in total. The molecule has 3 unspecified atom stereocenters. The summed E-state index contributed by atoms with van der Waals surface area (Å²) in [5.41, 5.74) is 1.23. The SMILES string of the molecule is C.CC(CC(=O)N1CCC2(OC(F)F)CCCC1C2)c1c[nH]c2cccc(Cl)c12. The Morgan fingerprint density at radius 3 is 2.97 bits per heavy atom. The van der Waals surface area contributed by atoms with E-state index in [-0.39, 0.29) is 25.3 Å². The zero-order valence-electron chi connectivity index (χ0n) is 15.9. The minimum absolute atomic E-state index is 0. The average Bonchev–Trinajstić information content (AvgIpc) is 3.06. The lowest BCUT2D eigenvalue weighted by molar-refractivity contribution is -0.236. The Balaban J connectivity index is 0.00000240. The van der Waals surface area contributed by atoms with E-state index < -0.39 is 12.2 Å². The summed E-state index contributed by atoms with van der Waals surface area (Å²) in [5.74, 6) is 0.0835. The second-order valence-electron chi connectivity index (χ2n) is 8.16. The van der Waals surface area contributed by atoms with E-state index >= 15 is 0 Å². The summed E-state index contributed by atoms with van der Waals surface area (Å²) >= 11 is 6.37. The number of nitrogens with one attached hydrogen (secondary N) is 1. The van der Waals surface area contributed by atoms with Gasteiger partial charge in [-0.3, -0.25) is 4.79 Å².